The van der Waals surface area contributed by atoms with E-state index in [1.807, 2.05) is 35.2 Å². The van der Waals surface area contributed by atoms with Crippen LogP contribution >= 0.6 is 0 Å². The molecule has 6 nitrogen and oxygen atoms in total. The molecule has 2 aliphatic heterocycles. The lowest BCUT2D eigenvalue weighted by Gasteiger charge is -2.38. The van der Waals surface area contributed by atoms with Gasteiger partial charge in [-0.3, -0.25) is 14.5 Å². The van der Waals surface area contributed by atoms with E-state index in [0.29, 0.717) is 13.1 Å². The van der Waals surface area contributed by atoms with Crippen molar-refractivity contribution in [3.05, 3.63) is 65.2 Å². The van der Waals surface area contributed by atoms with Gasteiger partial charge in [-0.05, 0) is 54.5 Å². The summed E-state index contributed by atoms with van der Waals surface area (Å²) < 4.78 is 0. The first-order valence-corrected chi connectivity index (χ1v) is 13.3. The Hall–Kier alpha value is -2.86. The van der Waals surface area contributed by atoms with Gasteiger partial charge in [-0.2, -0.15) is 0 Å². The Morgan fingerprint density at radius 3 is 2.23 bits per heavy atom. The number of piperazine rings is 1. The highest BCUT2D eigenvalue weighted by molar-refractivity contribution is 5.88. The summed E-state index contributed by atoms with van der Waals surface area (Å²) >= 11 is 0. The maximum absolute atomic E-state index is 13.3. The Kier molecular flexibility index (Phi) is 7.37. The first-order chi connectivity index (χ1) is 17.1. The normalized spacial score (nSPS) is 20.3. The Labute approximate surface area is 209 Å². The minimum absolute atomic E-state index is 0.0278. The zero-order chi connectivity index (χ0) is 24.2. The van der Waals surface area contributed by atoms with Crippen LogP contribution < -0.4 is 10.2 Å². The molecule has 2 aromatic carbocycles. The lowest BCUT2D eigenvalue weighted by atomic mass is 10.0. The van der Waals surface area contributed by atoms with E-state index in [9.17, 15) is 9.59 Å². The molecule has 6 heteroatoms. The molecule has 0 spiro atoms. The monoisotopic (exact) mass is 474 g/mol. The van der Waals surface area contributed by atoms with E-state index in [2.05, 4.69) is 33.3 Å². The first-order valence-electron chi connectivity index (χ1n) is 13.3. The fourth-order valence-electron chi connectivity index (χ4n) is 6.06. The smallest absolute Gasteiger partial charge is 0.249 e. The molecular formula is C29H38N4O2. The quantitative estimate of drug-likeness (QED) is 0.720. The number of hydrogen-bond acceptors (Lipinski definition) is 4. The van der Waals surface area contributed by atoms with Gasteiger partial charge in [0, 0.05) is 57.9 Å². The highest BCUT2D eigenvalue weighted by atomic mass is 16.2. The van der Waals surface area contributed by atoms with Gasteiger partial charge in [0.15, 0.2) is 0 Å². The van der Waals surface area contributed by atoms with Gasteiger partial charge in [-0.25, -0.2) is 0 Å². The molecule has 2 aromatic rings. The zero-order valence-corrected chi connectivity index (χ0v) is 20.9. The van der Waals surface area contributed by atoms with Crippen LogP contribution in [-0.4, -0.2) is 66.9 Å². The van der Waals surface area contributed by atoms with Crippen LogP contribution in [0.1, 0.15) is 55.3 Å². The molecule has 2 amide bonds. The zero-order valence-electron chi connectivity index (χ0n) is 20.9. The molecule has 1 saturated heterocycles. The summed E-state index contributed by atoms with van der Waals surface area (Å²) in [5.41, 5.74) is 5.10. The fraction of sp³-hybridized carbons (Fsp3) is 0.517. The summed E-state index contributed by atoms with van der Waals surface area (Å²) in [4.78, 5) is 32.2. The molecule has 0 radical (unpaired) electrons. The average Bonchev–Trinajstić information content (AvgIpc) is 3.34. The van der Waals surface area contributed by atoms with Gasteiger partial charge in [0.1, 0.15) is 6.04 Å². The van der Waals surface area contributed by atoms with Gasteiger partial charge in [-0.1, -0.05) is 49.2 Å². The molecule has 0 bridgehead atoms. The van der Waals surface area contributed by atoms with Gasteiger partial charge >= 0.3 is 0 Å². The summed E-state index contributed by atoms with van der Waals surface area (Å²) in [6, 6.07) is 16.7. The largest absolute Gasteiger partial charge is 0.368 e. The van der Waals surface area contributed by atoms with Gasteiger partial charge in [0.05, 0.1) is 0 Å². The van der Waals surface area contributed by atoms with Crippen LogP contribution in [0.25, 0.3) is 0 Å². The Morgan fingerprint density at radius 1 is 0.857 bits per heavy atom. The number of benzene rings is 2. The van der Waals surface area contributed by atoms with Gasteiger partial charge in [-0.15, -0.1) is 0 Å². The molecular weight excluding hydrogens is 436 g/mol. The SMILES string of the molecule is CC(=O)NC(C(=O)N1CCN(c2ccc3c(c2)CCN(C2CCCC2)CC3)CC1)c1ccccc1. The summed E-state index contributed by atoms with van der Waals surface area (Å²) in [5, 5.41) is 2.85. The van der Waals surface area contributed by atoms with Crippen molar-refractivity contribution in [1.29, 1.82) is 0 Å². The molecule has 35 heavy (non-hydrogen) atoms. The number of fused-ring (bicyclic) bond motifs is 1. The van der Waals surface area contributed by atoms with Crippen LogP contribution in [0.2, 0.25) is 0 Å². The lowest BCUT2D eigenvalue weighted by Crippen LogP contribution is -2.52. The van der Waals surface area contributed by atoms with E-state index >= 15 is 0 Å². The maximum Gasteiger partial charge on any atom is 0.249 e. The number of nitrogens with one attached hydrogen (secondary N) is 1. The number of hydrogen-bond donors (Lipinski definition) is 1. The van der Waals surface area contributed by atoms with Crippen LogP contribution in [0.15, 0.2) is 48.5 Å². The third-order valence-corrected chi connectivity index (χ3v) is 8.05. The molecule has 2 fully saturated rings. The fourth-order valence-corrected chi connectivity index (χ4v) is 6.06. The minimum atomic E-state index is -0.629. The molecule has 3 aliphatic rings. The van der Waals surface area contributed by atoms with E-state index in [1.165, 1.54) is 62.5 Å². The predicted octanol–water partition coefficient (Wildman–Crippen LogP) is 3.56. The van der Waals surface area contributed by atoms with Crippen molar-refractivity contribution < 1.29 is 9.59 Å². The van der Waals surface area contributed by atoms with Crippen molar-refractivity contribution in [1.82, 2.24) is 15.1 Å². The minimum Gasteiger partial charge on any atom is -0.368 e. The standard InChI is InChI=1S/C29H38N4O2/c1-22(34)30-28(24-7-3-2-4-8-24)29(35)33-19-17-32(18-20-33)27-12-11-23-13-15-31(16-14-25(23)21-27)26-9-5-6-10-26/h2-4,7-8,11-12,21,26,28H,5-6,9-10,13-20H2,1H3,(H,30,34). The average molecular weight is 475 g/mol. The van der Waals surface area contributed by atoms with E-state index in [0.717, 1.165) is 37.5 Å². The van der Waals surface area contributed by atoms with Crippen molar-refractivity contribution in [2.24, 2.45) is 0 Å². The van der Waals surface area contributed by atoms with Crippen LogP contribution in [-0.2, 0) is 22.4 Å². The lowest BCUT2D eigenvalue weighted by molar-refractivity contribution is -0.136. The molecule has 186 valence electrons. The predicted molar refractivity (Wildman–Crippen MR) is 139 cm³/mol. The second-order valence-electron chi connectivity index (χ2n) is 10.3. The van der Waals surface area contributed by atoms with E-state index in [-0.39, 0.29) is 11.8 Å². The van der Waals surface area contributed by atoms with Crippen molar-refractivity contribution in [3.8, 4) is 0 Å². The highest BCUT2D eigenvalue weighted by Crippen LogP contribution is 2.28. The molecule has 5 rings (SSSR count). The third kappa shape index (κ3) is 5.53. The van der Waals surface area contributed by atoms with Crippen molar-refractivity contribution in [3.63, 3.8) is 0 Å². The van der Waals surface area contributed by atoms with Gasteiger partial charge < -0.3 is 15.1 Å². The van der Waals surface area contributed by atoms with Gasteiger partial charge in [0.25, 0.3) is 0 Å². The second kappa shape index (κ2) is 10.8. The first kappa shape index (κ1) is 23.9. The summed E-state index contributed by atoms with van der Waals surface area (Å²) in [5.74, 6) is -0.220. The number of anilines is 1. The number of nitrogens with zero attached hydrogens (tertiary/aromatic N) is 3. The second-order valence-corrected chi connectivity index (χ2v) is 10.3. The molecule has 1 saturated carbocycles. The van der Waals surface area contributed by atoms with E-state index in [1.54, 1.807) is 0 Å². The molecule has 2 heterocycles. The Morgan fingerprint density at radius 2 is 1.54 bits per heavy atom. The van der Waals surface area contributed by atoms with Crippen LogP contribution in [0.5, 0.6) is 0 Å². The van der Waals surface area contributed by atoms with E-state index < -0.39 is 6.04 Å². The van der Waals surface area contributed by atoms with Gasteiger partial charge in [0.2, 0.25) is 11.8 Å². The number of carbonyl (C=O) groups is 2. The molecule has 1 atom stereocenters. The molecule has 0 aromatic heterocycles. The topological polar surface area (TPSA) is 55.9 Å². The summed E-state index contributed by atoms with van der Waals surface area (Å²) in [6.45, 7) is 6.76. The van der Waals surface area contributed by atoms with Crippen LogP contribution in [0.4, 0.5) is 5.69 Å². The third-order valence-electron chi connectivity index (χ3n) is 8.05. The van der Waals surface area contributed by atoms with E-state index in [4.69, 9.17) is 0 Å². The van der Waals surface area contributed by atoms with Crippen molar-refractivity contribution >= 4 is 17.5 Å². The maximum atomic E-state index is 13.3. The van der Waals surface area contributed by atoms with Crippen molar-refractivity contribution in [2.45, 2.75) is 57.5 Å². The van der Waals surface area contributed by atoms with Crippen LogP contribution in [0.3, 0.4) is 0 Å². The Balaban J connectivity index is 1.21. The molecule has 1 aliphatic carbocycles. The molecule has 1 unspecified atom stereocenters. The van der Waals surface area contributed by atoms with Crippen LogP contribution in [0, 0.1) is 0 Å². The highest BCUT2D eigenvalue weighted by Gasteiger charge is 2.30. The number of carbonyl (C=O) groups excluding carboxylic acids is 2. The number of amides is 2. The summed E-state index contributed by atoms with van der Waals surface area (Å²) in [6.07, 6.45) is 7.81. The Bertz CT molecular complexity index is 1030. The van der Waals surface area contributed by atoms with Crippen molar-refractivity contribution in [2.75, 3.05) is 44.2 Å². The molecule has 1 N–H and O–H groups in total. The summed E-state index contributed by atoms with van der Waals surface area (Å²) in [7, 11) is 0. The number of rotatable bonds is 5.